The number of hydrogen-bond donors (Lipinski definition) is 1. The zero-order valence-electron chi connectivity index (χ0n) is 11.6. The third kappa shape index (κ3) is 2.71. The van der Waals surface area contributed by atoms with E-state index in [4.69, 9.17) is 0 Å². The lowest BCUT2D eigenvalue weighted by atomic mass is 9.87. The third-order valence-electron chi connectivity index (χ3n) is 4.93. The van der Waals surface area contributed by atoms with Crippen LogP contribution in [0.1, 0.15) is 58.3 Å². The fraction of sp³-hybridized carbons (Fsp3) is 0.933. The van der Waals surface area contributed by atoms with Crippen molar-refractivity contribution in [3.63, 3.8) is 0 Å². The van der Waals surface area contributed by atoms with Crippen LogP contribution in [0, 0.1) is 5.41 Å². The van der Waals surface area contributed by atoms with Gasteiger partial charge >= 0.3 is 0 Å². The van der Waals surface area contributed by atoms with E-state index in [-0.39, 0.29) is 6.04 Å². The van der Waals surface area contributed by atoms with Crippen LogP contribution in [-0.2, 0) is 4.79 Å². The monoisotopic (exact) mass is 250 g/mol. The topological polar surface area (TPSA) is 32.3 Å². The molecule has 0 aromatic heterocycles. The Hall–Kier alpha value is -0.570. The lowest BCUT2D eigenvalue weighted by Gasteiger charge is -2.38. The lowest BCUT2D eigenvalue weighted by molar-refractivity contribution is -0.137. The Morgan fingerprint density at radius 3 is 2.61 bits per heavy atom. The molecule has 3 nitrogen and oxygen atoms in total. The standard InChI is InChI=1S/C15H26N2O/c1-15(8-2-3-9-15)11-17-10-4-5-13(14(17)18)16-12-6-7-12/h12-13,16H,2-11H2,1H3. The highest BCUT2D eigenvalue weighted by Crippen LogP contribution is 2.38. The number of amides is 1. The van der Waals surface area contributed by atoms with Crippen molar-refractivity contribution in [3.8, 4) is 0 Å². The summed E-state index contributed by atoms with van der Waals surface area (Å²) in [4.78, 5) is 14.6. The minimum absolute atomic E-state index is 0.122. The van der Waals surface area contributed by atoms with Gasteiger partial charge in [0.25, 0.3) is 0 Å². The van der Waals surface area contributed by atoms with Crippen LogP contribution in [0.3, 0.4) is 0 Å². The molecule has 1 N–H and O–H groups in total. The summed E-state index contributed by atoms with van der Waals surface area (Å²) in [5.74, 6) is 0.376. The summed E-state index contributed by atoms with van der Waals surface area (Å²) >= 11 is 0. The fourth-order valence-corrected chi connectivity index (χ4v) is 3.63. The van der Waals surface area contributed by atoms with Gasteiger partial charge in [0.2, 0.25) is 5.91 Å². The number of piperidine rings is 1. The van der Waals surface area contributed by atoms with Gasteiger partial charge < -0.3 is 10.2 Å². The minimum atomic E-state index is 0.122. The Bertz CT molecular complexity index is 318. The van der Waals surface area contributed by atoms with Crippen molar-refractivity contribution in [1.29, 1.82) is 0 Å². The molecule has 2 saturated carbocycles. The summed E-state index contributed by atoms with van der Waals surface area (Å²) in [6, 6.07) is 0.761. The molecule has 1 aliphatic heterocycles. The molecule has 1 saturated heterocycles. The molecule has 1 heterocycles. The number of carbonyl (C=O) groups excluding carboxylic acids is 1. The number of nitrogens with one attached hydrogen (secondary N) is 1. The molecule has 3 aliphatic rings. The number of hydrogen-bond acceptors (Lipinski definition) is 2. The van der Waals surface area contributed by atoms with Gasteiger partial charge in [-0.2, -0.15) is 0 Å². The number of nitrogens with zero attached hydrogens (tertiary/aromatic N) is 1. The van der Waals surface area contributed by atoms with Crippen LogP contribution in [-0.4, -0.2) is 36.0 Å². The van der Waals surface area contributed by atoms with Crippen molar-refractivity contribution < 1.29 is 4.79 Å². The van der Waals surface area contributed by atoms with E-state index >= 15 is 0 Å². The zero-order chi connectivity index (χ0) is 12.6. The average molecular weight is 250 g/mol. The van der Waals surface area contributed by atoms with E-state index in [2.05, 4.69) is 17.1 Å². The molecular formula is C15H26N2O. The van der Waals surface area contributed by atoms with Gasteiger partial charge in [0.1, 0.15) is 0 Å². The first-order valence-electron chi connectivity index (χ1n) is 7.71. The second-order valence-electron chi connectivity index (χ2n) is 6.91. The summed E-state index contributed by atoms with van der Waals surface area (Å²) in [6.07, 6.45) is 10.1. The van der Waals surface area contributed by atoms with Crippen LogP contribution in [0.4, 0.5) is 0 Å². The van der Waals surface area contributed by atoms with Crippen LogP contribution in [0.5, 0.6) is 0 Å². The Morgan fingerprint density at radius 2 is 1.94 bits per heavy atom. The van der Waals surface area contributed by atoms with Crippen LogP contribution >= 0.6 is 0 Å². The van der Waals surface area contributed by atoms with Crippen LogP contribution in [0.25, 0.3) is 0 Å². The molecular weight excluding hydrogens is 224 g/mol. The molecule has 1 amide bonds. The van der Waals surface area contributed by atoms with Crippen molar-refractivity contribution in [2.24, 2.45) is 5.41 Å². The molecule has 0 aromatic carbocycles. The van der Waals surface area contributed by atoms with Crippen molar-refractivity contribution in [3.05, 3.63) is 0 Å². The SMILES string of the molecule is CC1(CN2CCCC(NC3CC3)C2=O)CCCC1. The summed E-state index contributed by atoms with van der Waals surface area (Å²) in [5.41, 5.74) is 0.400. The molecule has 1 unspecified atom stereocenters. The largest absolute Gasteiger partial charge is 0.341 e. The smallest absolute Gasteiger partial charge is 0.239 e. The Labute approximate surface area is 110 Å². The molecule has 2 aliphatic carbocycles. The van der Waals surface area contributed by atoms with Crippen molar-refractivity contribution in [1.82, 2.24) is 10.2 Å². The van der Waals surface area contributed by atoms with Crippen LogP contribution in [0.15, 0.2) is 0 Å². The molecule has 3 rings (SSSR count). The first kappa shape index (κ1) is 12.5. The fourth-order valence-electron chi connectivity index (χ4n) is 3.63. The molecule has 102 valence electrons. The van der Waals surface area contributed by atoms with Gasteiger partial charge in [0.05, 0.1) is 6.04 Å². The van der Waals surface area contributed by atoms with E-state index in [9.17, 15) is 4.79 Å². The van der Waals surface area contributed by atoms with E-state index in [1.54, 1.807) is 0 Å². The molecule has 3 heteroatoms. The predicted octanol–water partition coefficient (Wildman–Crippen LogP) is 2.31. The Kier molecular flexibility index (Phi) is 3.35. The number of carbonyl (C=O) groups is 1. The maximum Gasteiger partial charge on any atom is 0.239 e. The minimum Gasteiger partial charge on any atom is -0.341 e. The highest BCUT2D eigenvalue weighted by atomic mass is 16.2. The van der Waals surface area contributed by atoms with E-state index in [0.29, 0.717) is 17.4 Å². The summed E-state index contributed by atoms with van der Waals surface area (Å²) in [7, 11) is 0. The van der Waals surface area contributed by atoms with Crippen molar-refractivity contribution >= 4 is 5.91 Å². The molecule has 18 heavy (non-hydrogen) atoms. The van der Waals surface area contributed by atoms with Gasteiger partial charge in [-0.3, -0.25) is 4.79 Å². The first-order chi connectivity index (χ1) is 8.66. The maximum atomic E-state index is 12.5. The van der Waals surface area contributed by atoms with E-state index < -0.39 is 0 Å². The third-order valence-corrected chi connectivity index (χ3v) is 4.93. The van der Waals surface area contributed by atoms with Crippen LogP contribution in [0.2, 0.25) is 0 Å². The van der Waals surface area contributed by atoms with Crippen LogP contribution < -0.4 is 5.32 Å². The van der Waals surface area contributed by atoms with Gasteiger partial charge in [0.15, 0.2) is 0 Å². The number of likely N-dealkylation sites (tertiary alicyclic amines) is 1. The molecule has 0 bridgehead atoms. The average Bonchev–Trinajstić information content (AvgIpc) is 3.06. The molecule has 0 spiro atoms. The van der Waals surface area contributed by atoms with Gasteiger partial charge in [0, 0.05) is 19.1 Å². The molecule has 1 atom stereocenters. The van der Waals surface area contributed by atoms with Gasteiger partial charge in [-0.25, -0.2) is 0 Å². The maximum absolute atomic E-state index is 12.5. The lowest BCUT2D eigenvalue weighted by Crippen LogP contribution is -2.53. The summed E-state index contributed by atoms with van der Waals surface area (Å²) in [6.45, 7) is 4.34. The summed E-state index contributed by atoms with van der Waals surface area (Å²) < 4.78 is 0. The van der Waals surface area contributed by atoms with Gasteiger partial charge in [-0.15, -0.1) is 0 Å². The second kappa shape index (κ2) is 4.84. The van der Waals surface area contributed by atoms with Gasteiger partial charge in [-0.05, 0) is 43.9 Å². The molecule has 0 aromatic rings. The molecule has 3 fully saturated rings. The predicted molar refractivity (Wildman–Crippen MR) is 72.3 cm³/mol. The normalized spacial score (nSPS) is 31.9. The van der Waals surface area contributed by atoms with Gasteiger partial charge in [-0.1, -0.05) is 19.8 Å². The van der Waals surface area contributed by atoms with Crippen molar-refractivity contribution in [2.45, 2.75) is 70.4 Å². The highest BCUT2D eigenvalue weighted by molar-refractivity contribution is 5.82. The zero-order valence-corrected chi connectivity index (χ0v) is 11.6. The second-order valence-corrected chi connectivity index (χ2v) is 6.91. The molecule has 0 radical (unpaired) electrons. The highest BCUT2D eigenvalue weighted by Gasteiger charge is 2.37. The van der Waals surface area contributed by atoms with E-state index in [1.165, 1.54) is 44.9 Å². The van der Waals surface area contributed by atoms with E-state index in [1.807, 2.05) is 0 Å². The first-order valence-corrected chi connectivity index (χ1v) is 7.71. The van der Waals surface area contributed by atoms with E-state index in [0.717, 1.165) is 19.5 Å². The number of rotatable bonds is 4. The Balaban J connectivity index is 1.58. The van der Waals surface area contributed by atoms with Crippen molar-refractivity contribution in [2.75, 3.05) is 13.1 Å². The Morgan fingerprint density at radius 1 is 1.22 bits per heavy atom. The quantitative estimate of drug-likeness (QED) is 0.830. The summed E-state index contributed by atoms with van der Waals surface area (Å²) in [5, 5.41) is 3.52.